The fraction of sp³-hybridized carbons (Fsp3) is 0.263. The summed E-state index contributed by atoms with van der Waals surface area (Å²) in [4.78, 5) is 34.2. The molecule has 2 aromatic rings. The number of anilines is 3. The molecule has 0 fully saturated rings. The van der Waals surface area contributed by atoms with E-state index in [1.165, 1.54) is 39.3 Å². The SMILES string of the molecule is COc1cc([N+](=O)[O-])ccc1NC(=O)[C@H](C)Nc1cc(NC(C)=O)ccc1OC. The molecule has 0 unspecified atom stereocenters. The largest absolute Gasteiger partial charge is 0.495 e. The molecule has 0 bridgehead atoms. The molecule has 0 spiro atoms. The van der Waals surface area contributed by atoms with Crippen LogP contribution in [-0.4, -0.2) is 37.0 Å². The van der Waals surface area contributed by atoms with Crippen LogP contribution in [0.2, 0.25) is 0 Å². The van der Waals surface area contributed by atoms with Crippen molar-refractivity contribution in [2.24, 2.45) is 0 Å². The average Bonchev–Trinajstić information content (AvgIpc) is 2.67. The molecule has 0 aliphatic rings. The zero-order chi connectivity index (χ0) is 21.6. The number of nitrogens with zero attached hydrogens (tertiary/aromatic N) is 1. The predicted octanol–water partition coefficient (Wildman–Crippen LogP) is 3.01. The van der Waals surface area contributed by atoms with Crippen LogP contribution < -0.4 is 25.4 Å². The van der Waals surface area contributed by atoms with Gasteiger partial charge in [0.05, 0.1) is 36.6 Å². The van der Waals surface area contributed by atoms with E-state index in [9.17, 15) is 19.7 Å². The van der Waals surface area contributed by atoms with E-state index in [1.54, 1.807) is 25.1 Å². The summed E-state index contributed by atoms with van der Waals surface area (Å²) in [7, 11) is 2.85. The average molecular weight is 402 g/mol. The Morgan fingerprint density at radius 3 is 2.28 bits per heavy atom. The molecular weight excluding hydrogens is 380 g/mol. The van der Waals surface area contributed by atoms with Gasteiger partial charge in [-0.05, 0) is 31.2 Å². The second kappa shape index (κ2) is 9.40. The Balaban J connectivity index is 2.17. The van der Waals surface area contributed by atoms with Crippen molar-refractivity contribution >= 4 is 34.6 Å². The molecule has 2 aromatic carbocycles. The van der Waals surface area contributed by atoms with Crippen LogP contribution in [0.4, 0.5) is 22.7 Å². The zero-order valence-corrected chi connectivity index (χ0v) is 16.4. The van der Waals surface area contributed by atoms with Crippen LogP contribution in [-0.2, 0) is 9.59 Å². The Kier molecular flexibility index (Phi) is 6.96. The van der Waals surface area contributed by atoms with E-state index in [2.05, 4.69) is 16.0 Å². The van der Waals surface area contributed by atoms with Gasteiger partial charge in [-0.3, -0.25) is 19.7 Å². The lowest BCUT2D eigenvalue weighted by Gasteiger charge is -2.19. The van der Waals surface area contributed by atoms with Gasteiger partial charge in [0.25, 0.3) is 5.69 Å². The third-order valence-corrected chi connectivity index (χ3v) is 3.94. The number of benzene rings is 2. The first kappa shape index (κ1) is 21.5. The Hall–Kier alpha value is -3.82. The van der Waals surface area contributed by atoms with Crippen molar-refractivity contribution in [3.05, 3.63) is 46.5 Å². The van der Waals surface area contributed by atoms with E-state index in [4.69, 9.17) is 9.47 Å². The lowest BCUT2D eigenvalue weighted by atomic mass is 10.2. The second-order valence-electron chi connectivity index (χ2n) is 6.09. The van der Waals surface area contributed by atoms with E-state index in [1.807, 2.05) is 0 Å². The molecule has 29 heavy (non-hydrogen) atoms. The molecule has 10 nitrogen and oxygen atoms in total. The maximum absolute atomic E-state index is 12.6. The van der Waals surface area contributed by atoms with Gasteiger partial charge in [-0.25, -0.2) is 0 Å². The fourth-order valence-corrected chi connectivity index (χ4v) is 2.54. The molecule has 1 atom stereocenters. The van der Waals surface area contributed by atoms with Crippen molar-refractivity contribution in [2.45, 2.75) is 19.9 Å². The maximum Gasteiger partial charge on any atom is 0.273 e. The summed E-state index contributed by atoms with van der Waals surface area (Å²) in [5, 5.41) is 19.2. The number of hydrogen-bond acceptors (Lipinski definition) is 7. The Bertz CT molecular complexity index is 931. The lowest BCUT2D eigenvalue weighted by Crippen LogP contribution is -2.32. The number of methoxy groups -OCH3 is 2. The standard InChI is InChI=1S/C19H22N4O6/c1-11(20-16-9-13(21-12(2)24)5-8-17(16)28-3)19(25)22-15-7-6-14(23(26)27)10-18(15)29-4/h5-11,20H,1-4H3,(H,21,24)(H,22,25)/t11-/m0/s1. The summed E-state index contributed by atoms with van der Waals surface area (Å²) in [6.45, 7) is 3.03. The van der Waals surface area contributed by atoms with Gasteiger partial charge < -0.3 is 25.4 Å². The van der Waals surface area contributed by atoms with Crippen molar-refractivity contribution in [3.8, 4) is 11.5 Å². The van der Waals surface area contributed by atoms with Gasteiger partial charge in [0.2, 0.25) is 11.8 Å². The highest BCUT2D eigenvalue weighted by Crippen LogP contribution is 2.30. The number of nitrogens with one attached hydrogen (secondary N) is 3. The monoisotopic (exact) mass is 402 g/mol. The number of ether oxygens (including phenoxy) is 2. The second-order valence-corrected chi connectivity index (χ2v) is 6.09. The minimum Gasteiger partial charge on any atom is -0.495 e. The molecule has 0 aromatic heterocycles. The van der Waals surface area contributed by atoms with Crippen LogP contribution >= 0.6 is 0 Å². The molecule has 0 saturated heterocycles. The van der Waals surface area contributed by atoms with E-state index >= 15 is 0 Å². The van der Waals surface area contributed by atoms with Crippen molar-refractivity contribution in [1.29, 1.82) is 0 Å². The van der Waals surface area contributed by atoms with E-state index in [-0.39, 0.29) is 17.3 Å². The maximum atomic E-state index is 12.6. The summed E-state index contributed by atoms with van der Waals surface area (Å²) >= 11 is 0. The first-order valence-electron chi connectivity index (χ1n) is 8.60. The number of nitro benzene ring substituents is 1. The third-order valence-electron chi connectivity index (χ3n) is 3.94. The minimum atomic E-state index is -0.698. The highest BCUT2D eigenvalue weighted by Gasteiger charge is 2.18. The molecule has 2 amide bonds. The van der Waals surface area contributed by atoms with Crippen molar-refractivity contribution in [1.82, 2.24) is 0 Å². The molecule has 10 heteroatoms. The van der Waals surface area contributed by atoms with Crippen molar-refractivity contribution in [2.75, 3.05) is 30.2 Å². The van der Waals surface area contributed by atoms with Crippen LogP contribution in [0.1, 0.15) is 13.8 Å². The van der Waals surface area contributed by atoms with Gasteiger partial charge in [0, 0.05) is 18.7 Å². The van der Waals surface area contributed by atoms with Gasteiger partial charge in [0.1, 0.15) is 17.5 Å². The number of rotatable bonds is 8. The van der Waals surface area contributed by atoms with Crippen LogP contribution in [0.25, 0.3) is 0 Å². The van der Waals surface area contributed by atoms with Crippen LogP contribution in [0.3, 0.4) is 0 Å². The summed E-state index contributed by atoms with van der Waals surface area (Å²) in [5.74, 6) is 0.0398. The molecular formula is C19H22N4O6. The van der Waals surface area contributed by atoms with Gasteiger partial charge in [-0.15, -0.1) is 0 Å². The third kappa shape index (κ3) is 5.58. The molecule has 3 N–H and O–H groups in total. The van der Waals surface area contributed by atoms with Crippen molar-refractivity contribution in [3.63, 3.8) is 0 Å². The quantitative estimate of drug-likeness (QED) is 0.457. The highest BCUT2D eigenvalue weighted by atomic mass is 16.6. The number of hydrogen-bond donors (Lipinski definition) is 3. The number of carbonyl (C=O) groups excluding carboxylic acids is 2. The summed E-state index contributed by atoms with van der Waals surface area (Å²) in [6, 6.07) is 8.20. The first-order chi connectivity index (χ1) is 13.7. The molecule has 2 rings (SSSR count). The Labute approximate surface area is 167 Å². The van der Waals surface area contributed by atoms with Crippen molar-refractivity contribution < 1.29 is 24.0 Å². The number of non-ortho nitro benzene ring substituents is 1. The van der Waals surface area contributed by atoms with E-state index in [0.717, 1.165) is 0 Å². The zero-order valence-electron chi connectivity index (χ0n) is 16.4. The van der Waals surface area contributed by atoms with Crippen LogP contribution in [0.5, 0.6) is 11.5 Å². The molecule has 0 radical (unpaired) electrons. The molecule has 0 saturated carbocycles. The Morgan fingerprint density at radius 1 is 1.00 bits per heavy atom. The fourth-order valence-electron chi connectivity index (χ4n) is 2.54. The normalized spacial score (nSPS) is 11.2. The lowest BCUT2D eigenvalue weighted by molar-refractivity contribution is -0.384. The molecule has 154 valence electrons. The Morgan fingerprint density at radius 2 is 1.69 bits per heavy atom. The van der Waals surface area contributed by atoms with E-state index in [0.29, 0.717) is 22.8 Å². The molecule has 0 aliphatic carbocycles. The topological polar surface area (TPSA) is 132 Å². The molecule has 0 aliphatic heterocycles. The summed E-state index contributed by atoms with van der Waals surface area (Å²) in [6.07, 6.45) is 0. The van der Waals surface area contributed by atoms with Gasteiger partial charge in [-0.2, -0.15) is 0 Å². The number of amides is 2. The van der Waals surface area contributed by atoms with Crippen LogP contribution in [0.15, 0.2) is 36.4 Å². The number of nitro groups is 1. The number of carbonyl (C=O) groups is 2. The smallest absolute Gasteiger partial charge is 0.273 e. The highest BCUT2D eigenvalue weighted by molar-refractivity contribution is 5.98. The first-order valence-corrected chi connectivity index (χ1v) is 8.60. The van der Waals surface area contributed by atoms with Gasteiger partial charge >= 0.3 is 0 Å². The minimum absolute atomic E-state index is 0.148. The summed E-state index contributed by atoms with van der Waals surface area (Å²) < 4.78 is 10.4. The molecule has 0 heterocycles. The van der Waals surface area contributed by atoms with E-state index < -0.39 is 16.9 Å². The summed E-state index contributed by atoms with van der Waals surface area (Å²) in [5.41, 5.74) is 1.21. The predicted molar refractivity (Wildman–Crippen MR) is 109 cm³/mol. The van der Waals surface area contributed by atoms with Gasteiger partial charge in [0.15, 0.2) is 0 Å². The van der Waals surface area contributed by atoms with Gasteiger partial charge in [-0.1, -0.05) is 0 Å². The van der Waals surface area contributed by atoms with Crippen LogP contribution in [0, 0.1) is 10.1 Å².